The predicted molar refractivity (Wildman–Crippen MR) is 114 cm³/mol. The molecule has 1 atom stereocenters. The number of benzene rings is 2. The van der Waals surface area contributed by atoms with Crippen molar-refractivity contribution in [3.63, 3.8) is 0 Å². The molecule has 0 amide bonds. The third-order valence-corrected chi connectivity index (χ3v) is 7.08. The molecule has 31 heavy (non-hydrogen) atoms. The largest absolute Gasteiger partial charge is 0.467 e. The number of hydrogen-bond donors (Lipinski definition) is 1. The number of hydrogen-bond acceptors (Lipinski definition) is 6. The van der Waals surface area contributed by atoms with Crippen LogP contribution in [-0.4, -0.2) is 37.7 Å². The maximum atomic E-state index is 13.1. The number of carbonyl (C=O) groups excluding carboxylic acids is 1. The van der Waals surface area contributed by atoms with Gasteiger partial charge in [-0.3, -0.25) is 4.79 Å². The zero-order chi connectivity index (χ0) is 23.2. The molecule has 2 aromatic carbocycles. The first-order valence-electron chi connectivity index (χ1n) is 9.11. The van der Waals surface area contributed by atoms with E-state index in [4.69, 9.17) is 14.7 Å². The van der Waals surface area contributed by atoms with Gasteiger partial charge < -0.3 is 14.7 Å². The van der Waals surface area contributed by atoms with Crippen LogP contribution in [0.1, 0.15) is 16.7 Å². The fourth-order valence-corrected chi connectivity index (χ4v) is 4.11. The van der Waals surface area contributed by atoms with Crippen LogP contribution in [0, 0.1) is 0 Å². The zero-order valence-electron chi connectivity index (χ0n) is 16.9. The van der Waals surface area contributed by atoms with Crippen molar-refractivity contribution in [3.8, 4) is 0 Å². The average molecular weight is 449 g/mol. The Bertz CT molecular complexity index is 1170. The van der Waals surface area contributed by atoms with Crippen LogP contribution >= 0.6 is 0 Å². The molecule has 0 aromatic heterocycles. The fourth-order valence-electron chi connectivity index (χ4n) is 3.10. The van der Waals surface area contributed by atoms with Crippen LogP contribution in [0.5, 0.6) is 0 Å². The lowest BCUT2D eigenvalue weighted by Crippen LogP contribution is -2.40. The van der Waals surface area contributed by atoms with E-state index in [2.05, 4.69) is 0 Å². The van der Waals surface area contributed by atoms with Crippen molar-refractivity contribution in [1.29, 1.82) is 0 Å². The van der Waals surface area contributed by atoms with Crippen LogP contribution in [0.2, 0.25) is 0 Å². The summed E-state index contributed by atoms with van der Waals surface area (Å²) in [6.07, 6.45) is -4.64. The van der Waals surface area contributed by atoms with E-state index in [1.54, 1.807) is 30.3 Å². The summed E-state index contributed by atoms with van der Waals surface area (Å²) in [7, 11) is -0.468. The van der Waals surface area contributed by atoms with Crippen LogP contribution in [0.4, 0.5) is 13.2 Å². The van der Waals surface area contributed by atoms with Crippen molar-refractivity contribution in [2.75, 3.05) is 0 Å². The lowest BCUT2D eigenvalue weighted by atomic mass is 9.65. The normalized spacial score (nSPS) is 19.9. The van der Waals surface area contributed by atoms with Gasteiger partial charge >= 0.3 is 16.3 Å². The van der Waals surface area contributed by atoms with Crippen LogP contribution in [0.25, 0.3) is 0 Å². The zero-order valence-corrected chi connectivity index (χ0v) is 17.7. The summed E-state index contributed by atoms with van der Waals surface area (Å²) in [6, 6.07) is 12.1. The third kappa shape index (κ3) is 3.94. The van der Waals surface area contributed by atoms with Gasteiger partial charge in [-0.05, 0) is 23.3 Å². The van der Waals surface area contributed by atoms with Gasteiger partial charge in [-0.15, -0.1) is 0 Å². The van der Waals surface area contributed by atoms with Gasteiger partial charge in [0, 0.05) is 0 Å². The van der Waals surface area contributed by atoms with Gasteiger partial charge in [-0.2, -0.15) is 21.6 Å². The summed E-state index contributed by atoms with van der Waals surface area (Å²) in [5.74, 6) is -2.40. The number of alkyl halides is 3. The Kier molecular flexibility index (Phi) is 5.46. The van der Waals surface area contributed by atoms with Crippen molar-refractivity contribution < 1.29 is 35.3 Å². The number of nitrogens with two attached hydrogens (primary N) is 1. The van der Waals surface area contributed by atoms with Crippen LogP contribution in [0.3, 0.4) is 0 Å². The molecule has 2 N–H and O–H groups in total. The van der Waals surface area contributed by atoms with E-state index in [-0.39, 0.29) is 5.56 Å². The Balaban J connectivity index is 1.95. The highest BCUT2D eigenvalue weighted by Crippen LogP contribution is 2.39. The summed E-state index contributed by atoms with van der Waals surface area (Å²) < 4.78 is 74.0. The molecular formula is C18H17B3F3NO5S. The molecule has 0 saturated carbocycles. The highest BCUT2D eigenvalue weighted by Gasteiger charge is 2.51. The molecule has 1 aliphatic rings. The van der Waals surface area contributed by atoms with Crippen LogP contribution < -0.4 is 5.73 Å². The number of halogens is 3. The molecule has 6 nitrogen and oxygen atoms in total. The number of Topliss-reactive ketones (excluding diaryl/α,β-unsaturated/α-hetero) is 1. The highest BCUT2D eigenvalue weighted by atomic mass is 32.2. The fraction of sp³-hybridized carbons (Fsp3) is 0.167. The summed E-state index contributed by atoms with van der Waals surface area (Å²) in [6.45, 7) is 0. The van der Waals surface area contributed by atoms with E-state index < -0.39 is 49.3 Å². The topological polar surface area (TPSA) is 95.7 Å². The molecule has 3 rings (SSSR count). The SMILES string of the molecule is BC(B)(c1ccccc1)S(=O)(=O)OC1=C(N)O[C@@](B)(c2cccc(C(F)(F)F)c2)C1=O. The summed E-state index contributed by atoms with van der Waals surface area (Å²) in [5, 5.41) is 0. The number of carbonyl (C=O) groups is 1. The van der Waals surface area contributed by atoms with Gasteiger partial charge in [0.05, 0.1) is 10.1 Å². The van der Waals surface area contributed by atoms with E-state index in [9.17, 15) is 26.4 Å². The Hall–Kier alpha value is -2.82. The van der Waals surface area contributed by atoms with Gasteiger partial charge in [0.25, 0.3) is 0 Å². The Morgan fingerprint density at radius 1 is 1.00 bits per heavy atom. The lowest BCUT2D eigenvalue weighted by molar-refractivity contribution is -0.138. The van der Waals surface area contributed by atoms with Crippen molar-refractivity contribution in [3.05, 3.63) is 82.9 Å². The first kappa shape index (κ1) is 22.9. The van der Waals surface area contributed by atoms with Crippen LogP contribution in [0.15, 0.2) is 66.2 Å². The molecule has 2 aromatic rings. The first-order chi connectivity index (χ1) is 14.2. The first-order valence-corrected chi connectivity index (χ1v) is 10.5. The molecule has 0 spiro atoms. The molecule has 1 aliphatic heterocycles. The second-order valence-electron chi connectivity index (χ2n) is 7.65. The van der Waals surface area contributed by atoms with Gasteiger partial charge in [-0.25, -0.2) is 0 Å². The van der Waals surface area contributed by atoms with Gasteiger partial charge in [0.2, 0.25) is 17.4 Å². The van der Waals surface area contributed by atoms with Gasteiger partial charge in [-0.1, -0.05) is 42.5 Å². The Labute approximate surface area is 179 Å². The van der Waals surface area contributed by atoms with Crippen molar-refractivity contribution in [2.45, 2.75) is 16.2 Å². The van der Waals surface area contributed by atoms with Gasteiger partial charge in [0.1, 0.15) is 15.7 Å². The molecule has 1 heterocycles. The molecule has 0 saturated heterocycles. The number of ether oxygens (including phenoxy) is 1. The van der Waals surface area contributed by atoms with E-state index in [1.807, 2.05) is 0 Å². The maximum absolute atomic E-state index is 13.1. The predicted octanol–water partition coefficient (Wildman–Crippen LogP) is -0.359. The van der Waals surface area contributed by atoms with E-state index in [1.165, 1.54) is 29.6 Å². The molecule has 0 fully saturated rings. The molecule has 13 heteroatoms. The molecule has 0 unspecified atom stereocenters. The minimum absolute atomic E-state index is 0.145. The smallest absolute Gasteiger partial charge is 0.416 e. The summed E-state index contributed by atoms with van der Waals surface area (Å²) in [4.78, 5) is 13.0. The third-order valence-electron chi connectivity index (χ3n) is 5.21. The van der Waals surface area contributed by atoms with E-state index in [0.29, 0.717) is 5.56 Å². The molecule has 0 radical (unpaired) electrons. The van der Waals surface area contributed by atoms with E-state index >= 15 is 0 Å². The monoisotopic (exact) mass is 449 g/mol. The van der Waals surface area contributed by atoms with Gasteiger partial charge in [0.15, 0.2) is 13.3 Å². The molecule has 0 bridgehead atoms. The Morgan fingerprint density at radius 3 is 2.16 bits per heavy atom. The quantitative estimate of drug-likeness (QED) is 0.496. The summed E-state index contributed by atoms with van der Waals surface area (Å²) in [5.41, 5.74) is 3.01. The standard InChI is InChI=1S/C18H17B3F3NO5S/c19-16(11-7-4-8-12(9-11)18(22,23)24)14(26)13(15(25)29-16)30-31(27,28)17(20,21)10-5-2-1-3-6-10/h1-9H,19-21,25H2/t16-/m0/s1. The van der Waals surface area contributed by atoms with Crippen molar-refractivity contribution >= 4 is 39.4 Å². The van der Waals surface area contributed by atoms with Crippen molar-refractivity contribution in [2.24, 2.45) is 5.73 Å². The lowest BCUT2D eigenvalue weighted by Gasteiger charge is -2.26. The van der Waals surface area contributed by atoms with E-state index in [0.717, 1.165) is 18.2 Å². The average Bonchev–Trinajstić information content (AvgIpc) is 2.92. The Morgan fingerprint density at radius 2 is 1.58 bits per heavy atom. The number of ketones is 1. The minimum Gasteiger partial charge on any atom is -0.467 e. The second-order valence-corrected chi connectivity index (χ2v) is 9.75. The van der Waals surface area contributed by atoms with Crippen molar-refractivity contribution in [1.82, 2.24) is 0 Å². The maximum Gasteiger partial charge on any atom is 0.416 e. The second kappa shape index (κ2) is 7.40. The molecule has 160 valence electrons. The molecule has 0 aliphatic carbocycles. The highest BCUT2D eigenvalue weighted by molar-refractivity contribution is 7.90. The summed E-state index contributed by atoms with van der Waals surface area (Å²) >= 11 is 0. The van der Waals surface area contributed by atoms with Crippen LogP contribution in [-0.2, 0) is 40.1 Å². The number of rotatable bonds is 5. The minimum atomic E-state index is -4.64. The molecular weight excluding hydrogens is 432 g/mol.